The van der Waals surface area contributed by atoms with Gasteiger partial charge in [-0.25, -0.2) is 10.9 Å². The maximum atomic E-state index is 13.2. The van der Waals surface area contributed by atoms with E-state index in [0.717, 1.165) is 16.7 Å². The Morgan fingerprint density at radius 3 is 2.57 bits per heavy atom. The maximum Gasteiger partial charge on any atom is 0.293 e. The van der Waals surface area contributed by atoms with Crippen LogP contribution in [0.3, 0.4) is 0 Å². The van der Waals surface area contributed by atoms with Crippen LogP contribution in [0.25, 0.3) is 11.0 Å². The number of para-hydroxylation sites is 1. The molecule has 0 radical (unpaired) electrons. The van der Waals surface area contributed by atoms with Gasteiger partial charge in [0.15, 0.2) is 0 Å². The molecule has 2 amide bonds. The fraction of sp³-hybridized carbons (Fsp3) is 0.185. The van der Waals surface area contributed by atoms with Gasteiger partial charge in [-0.15, -0.1) is 0 Å². The molecule has 0 saturated carbocycles. The van der Waals surface area contributed by atoms with E-state index in [1.165, 1.54) is 0 Å². The first-order valence-electron chi connectivity index (χ1n) is 11.4. The van der Waals surface area contributed by atoms with E-state index in [-0.39, 0.29) is 23.5 Å². The number of carbonyl (C=O) groups excluding carboxylic acids is 2. The molecular weight excluding hydrogens is 444 g/mol. The molecule has 3 aromatic carbocycles. The third kappa shape index (κ3) is 4.62. The summed E-state index contributed by atoms with van der Waals surface area (Å²) in [6.07, 6.45) is 0.420. The number of rotatable bonds is 5. The first kappa shape index (κ1) is 22.6. The Morgan fingerprint density at radius 2 is 1.74 bits per heavy atom. The number of furan rings is 1. The van der Waals surface area contributed by atoms with Gasteiger partial charge in [0.25, 0.3) is 5.91 Å². The van der Waals surface area contributed by atoms with E-state index >= 15 is 0 Å². The third-order valence-corrected chi connectivity index (χ3v) is 6.10. The molecular formula is C27H26N4O4. The molecule has 1 saturated heterocycles. The van der Waals surface area contributed by atoms with Gasteiger partial charge >= 0.3 is 0 Å². The Balaban J connectivity index is 1.38. The van der Waals surface area contributed by atoms with E-state index in [1.54, 1.807) is 30.3 Å². The summed E-state index contributed by atoms with van der Waals surface area (Å²) >= 11 is 0. The summed E-state index contributed by atoms with van der Waals surface area (Å²) < 4.78 is 5.85. The minimum atomic E-state index is -0.582. The number of amides is 2. The summed E-state index contributed by atoms with van der Waals surface area (Å²) in [5.74, 6) is -0.572. The quantitative estimate of drug-likeness (QED) is 0.292. The van der Waals surface area contributed by atoms with E-state index < -0.39 is 11.9 Å². The Hall–Kier alpha value is -4.14. The van der Waals surface area contributed by atoms with Crippen LogP contribution in [-0.4, -0.2) is 23.0 Å². The minimum absolute atomic E-state index is 0.0277. The minimum Gasteiger partial charge on any atom is -0.508 e. The summed E-state index contributed by atoms with van der Waals surface area (Å²) in [5.41, 5.74) is 10.3. The van der Waals surface area contributed by atoms with Crippen molar-refractivity contribution in [2.45, 2.75) is 32.4 Å². The van der Waals surface area contributed by atoms with Gasteiger partial charge < -0.3 is 20.2 Å². The first-order chi connectivity index (χ1) is 16.9. The van der Waals surface area contributed by atoms with Crippen LogP contribution in [0.15, 0.2) is 71.1 Å². The van der Waals surface area contributed by atoms with Crippen LogP contribution in [0, 0.1) is 13.8 Å². The highest BCUT2D eigenvalue weighted by Crippen LogP contribution is 2.34. The number of carbonyl (C=O) groups is 2. The predicted octanol–water partition coefficient (Wildman–Crippen LogP) is 4.55. The van der Waals surface area contributed by atoms with Gasteiger partial charge in [-0.1, -0.05) is 42.0 Å². The van der Waals surface area contributed by atoms with Gasteiger partial charge in [0.2, 0.25) is 11.7 Å². The van der Waals surface area contributed by atoms with Crippen molar-refractivity contribution in [3.63, 3.8) is 0 Å². The number of nitrogens with one attached hydrogen (secondary N) is 4. The number of aryl methyl sites for hydroxylation is 2. The Bertz CT molecular complexity index is 1430. The Labute approximate surface area is 202 Å². The number of benzene rings is 3. The number of anilines is 2. The normalized spacial score (nSPS) is 17.4. The zero-order valence-electron chi connectivity index (χ0n) is 19.4. The van der Waals surface area contributed by atoms with Crippen LogP contribution in [0.1, 0.15) is 39.7 Å². The molecule has 1 aromatic heterocycles. The summed E-state index contributed by atoms with van der Waals surface area (Å²) in [5, 5.41) is 16.6. The van der Waals surface area contributed by atoms with Crippen molar-refractivity contribution in [3.8, 4) is 5.75 Å². The van der Waals surface area contributed by atoms with Crippen molar-refractivity contribution in [1.29, 1.82) is 0 Å². The van der Waals surface area contributed by atoms with Crippen LogP contribution in [0.5, 0.6) is 5.75 Å². The molecule has 2 heterocycles. The molecule has 0 spiro atoms. The molecule has 8 heteroatoms. The zero-order chi connectivity index (χ0) is 24.5. The van der Waals surface area contributed by atoms with Gasteiger partial charge in [0.1, 0.15) is 23.1 Å². The number of aromatic hydroxyl groups is 1. The number of hydrogen-bond acceptors (Lipinski definition) is 6. The SMILES string of the molecule is Cc1cccc(NC(=O)c2oc3ccccc3c2NC(=O)C2CC(c3cc(C)ccc3O)NN2)c1. The van der Waals surface area contributed by atoms with Crippen molar-refractivity contribution in [3.05, 3.63) is 89.2 Å². The smallest absolute Gasteiger partial charge is 0.293 e. The second-order valence-electron chi connectivity index (χ2n) is 8.81. The topological polar surface area (TPSA) is 116 Å². The molecule has 4 aromatic rings. The van der Waals surface area contributed by atoms with Gasteiger partial charge in [0, 0.05) is 16.6 Å². The average Bonchev–Trinajstić information content (AvgIpc) is 3.46. The van der Waals surface area contributed by atoms with Gasteiger partial charge in [-0.05, 0) is 56.2 Å². The lowest BCUT2D eigenvalue weighted by Gasteiger charge is -2.13. The summed E-state index contributed by atoms with van der Waals surface area (Å²) in [4.78, 5) is 26.3. The fourth-order valence-corrected chi connectivity index (χ4v) is 4.34. The molecule has 1 aliphatic rings. The number of hydrazine groups is 1. The molecule has 0 bridgehead atoms. The first-order valence-corrected chi connectivity index (χ1v) is 11.4. The molecule has 1 aliphatic heterocycles. The maximum absolute atomic E-state index is 13.2. The fourth-order valence-electron chi connectivity index (χ4n) is 4.34. The molecule has 178 valence electrons. The van der Waals surface area contributed by atoms with Crippen molar-refractivity contribution in [2.75, 3.05) is 10.6 Å². The molecule has 2 atom stereocenters. The zero-order valence-corrected chi connectivity index (χ0v) is 19.4. The molecule has 2 unspecified atom stereocenters. The van der Waals surface area contributed by atoms with Crippen LogP contribution in [-0.2, 0) is 4.79 Å². The van der Waals surface area contributed by atoms with E-state index in [2.05, 4.69) is 21.5 Å². The Morgan fingerprint density at radius 1 is 0.943 bits per heavy atom. The second-order valence-corrected chi connectivity index (χ2v) is 8.81. The summed E-state index contributed by atoms with van der Waals surface area (Å²) in [6, 6.07) is 19.2. The highest BCUT2D eigenvalue weighted by atomic mass is 16.3. The summed E-state index contributed by atoms with van der Waals surface area (Å²) in [7, 11) is 0. The highest BCUT2D eigenvalue weighted by molar-refractivity contribution is 6.15. The van der Waals surface area contributed by atoms with E-state index in [9.17, 15) is 14.7 Å². The monoisotopic (exact) mass is 470 g/mol. The lowest BCUT2D eigenvalue weighted by molar-refractivity contribution is -0.117. The van der Waals surface area contributed by atoms with E-state index in [0.29, 0.717) is 28.8 Å². The van der Waals surface area contributed by atoms with Crippen LogP contribution in [0.4, 0.5) is 11.4 Å². The van der Waals surface area contributed by atoms with Crippen molar-refractivity contribution in [2.24, 2.45) is 0 Å². The second kappa shape index (κ2) is 9.25. The van der Waals surface area contributed by atoms with Crippen LogP contribution >= 0.6 is 0 Å². The summed E-state index contributed by atoms with van der Waals surface area (Å²) in [6.45, 7) is 3.89. The van der Waals surface area contributed by atoms with Crippen molar-refractivity contribution >= 4 is 34.2 Å². The molecule has 5 rings (SSSR count). The third-order valence-electron chi connectivity index (χ3n) is 6.10. The molecule has 5 N–H and O–H groups in total. The molecule has 8 nitrogen and oxygen atoms in total. The van der Waals surface area contributed by atoms with Gasteiger partial charge in [0.05, 0.1) is 6.04 Å². The van der Waals surface area contributed by atoms with Crippen molar-refractivity contribution in [1.82, 2.24) is 10.9 Å². The largest absolute Gasteiger partial charge is 0.508 e. The lowest BCUT2D eigenvalue weighted by atomic mass is 9.99. The van der Waals surface area contributed by atoms with E-state index in [4.69, 9.17) is 4.42 Å². The van der Waals surface area contributed by atoms with Gasteiger partial charge in [-0.2, -0.15) is 0 Å². The van der Waals surface area contributed by atoms with Crippen LogP contribution in [0.2, 0.25) is 0 Å². The number of phenolic OH excluding ortho intramolecular Hbond substituents is 1. The van der Waals surface area contributed by atoms with Gasteiger partial charge in [-0.3, -0.25) is 9.59 Å². The van der Waals surface area contributed by atoms with E-state index in [1.807, 2.05) is 50.2 Å². The Kier molecular flexibility index (Phi) is 5.98. The number of fused-ring (bicyclic) bond motifs is 1. The molecule has 35 heavy (non-hydrogen) atoms. The van der Waals surface area contributed by atoms with Crippen molar-refractivity contribution < 1.29 is 19.1 Å². The standard InChI is InChI=1S/C27H26N4O4/c1-15-6-5-7-17(12-15)28-27(34)25-24(18-8-3-4-9-23(18)35-25)29-26(33)21-14-20(30-31-21)19-13-16(2)10-11-22(19)32/h3-13,20-21,30-32H,14H2,1-2H3,(H,28,34)(H,29,33). The lowest BCUT2D eigenvalue weighted by Crippen LogP contribution is -2.39. The average molecular weight is 471 g/mol. The predicted molar refractivity (Wildman–Crippen MR) is 134 cm³/mol. The number of phenols is 1. The highest BCUT2D eigenvalue weighted by Gasteiger charge is 2.33. The number of hydrogen-bond donors (Lipinski definition) is 5. The molecule has 1 fully saturated rings. The van der Waals surface area contributed by atoms with Crippen LogP contribution < -0.4 is 21.5 Å². The molecule has 0 aliphatic carbocycles.